The first-order chi connectivity index (χ1) is 7.56. The van der Waals surface area contributed by atoms with Gasteiger partial charge in [0.1, 0.15) is 0 Å². The third-order valence-electron chi connectivity index (χ3n) is 3.79. The number of rotatable bonds is 3. The average Bonchev–Trinajstić information content (AvgIpc) is 2.12. The summed E-state index contributed by atoms with van der Waals surface area (Å²) in [7, 11) is 0. The van der Waals surface area contributed by atoms with E-state index in [9.17, 15) is 9.59 Å². The van der Waals surface area contributed by atoms with Crippen LogP contribution in [0.2, 0.25) is 0 Å². The van der Waals surface area contributed by atoms with Crippen molar-refractivity contribution in [1.82, 2.24) is 10.6 Å². The first-order valence-electron chi connectivity index (χ1n) is 6.16. The van der Waals surface area contributed by atoms with Gasteiger partial charge in [0, 0.05) is 12.5 Å². The predicted octanol–water partition coefficient (Wildman–Crippen LogP) is 0.816. The molecule has 2 amide bonds. The van der Waals surface area contributed by atoms with Gasteiger partial charge in [0.15, 0.2) is 0 Å². The number of carbonyl (C=O) groups is 2. The van der Waals surface area contributed by atoms with Gasteiger partial charge in [-0.05, 0) is 31.1 Å². The average molecular weight is 224 g/mol. The molecular weight excluding hydrogens is 204 g/mol. The molecule has 1 aliphatic carbocycles. The van der Waals surface area contributed by atoms with Gasteiger partial charge in [-0.1, -0.05) is 13.8 Å². The first-order valence-corrected chi connectivity index (χ1v) is 6.16. The molecule has 1 unspecified atom stereocenters. The Morgan fingerprint density at radius 2 is 2.00 bits per heavy atom. The van der Waals surface area contributed by atoms with Crippen molar-refractivity contribution in [3.8, 4) is 0 Å². The van der Waals surface area contributed by atoms with Crippen LogP contribution in [0, 0.1) is 11.8 Å². The van der Waals surface area contributed by atoms with Crippen LogP contribution in [-0.2, 0) is 9.59 Å². The maximum absolute atomic E-state index is 11.5. The Labute approximate surface area is 96.2 Å². The predicted molar refractivity (Wildman–Crippen MR) is 60.7 cm³/mol. The van der Waals surface area contributed by atoms with Crippen LogP contribution in [0.25, 0.3) is 0 Å². The molecule has 1 saturated carbocycles. The zero-order chi connectivity index (χ0) is 11.7. The van der Waals surface area contributed by atoms with Gasteiger partial charge in [-0.15, -0.1) is 0 Å². The van der Waals surface area contributed by atoms with E-state index in [1.807, 2.05) is 0 Å². The molecule has 2 N–H and O–H groups in total. The van der Waals surface area contributed by atoms with Crippen LogP contribution in [0.5, 0.6) is 0 Å². The Balaban J connectivity index is 1.75. The molecule has 4 heteroatoms. The van der Waals surface area contributed by atoms with E-state index in [0.29, 0.717) is 18.9 Å². The number of hydrogen-bond donors (Lipinski definition) is 2. The van der Waals surface area contributed by atoms with Crippen molar-refractivity contribution in [2.45, 2.75) is 51.6 Å². The monoisotopic (exact) mass is 224 g/mol. The molecule has 0 radical (unpaired) electrons. The van der Waals surface area contributed by atoms with Gasteiger partial charge in [-0.3, -0.25) is 14.9 Å². The highest BCUT2D eigenvalue weighted by Crippen LogP contribution is 2.34. The molecule has 0 spiro atoms. The molecule has 1 atom stereocenters. The highest BCUT2D eigenvalue weighted by Gasteiger charge is 2.35. The molecule has 2 aliphatic rings. The molecular formula is C12H20N2O2. The van der Waals surface area contributed by atoms with Crippen molar-refractivity contribution in [2.75, 3.05) is 0 Å². The fourth-order valence-corrected chi connectivity index (χ4v) is 2.48. The Hall–Kier alpha value is -0.900. The fraction of sp³-hybridized carbons (Fsp3) is 0.833. The minimum atomic E-state index is -0.157. The summed E-state index contributed by atoms with van der Waals surface area (Å²) in [5.74, 6) is 1.24. The second-order valence-electron chi connectivity index (χ2n) is 5.34. The smallest absolute Gasteiger partial charge is 0.243 e. The molecule has 0 aromatic rings. The number of piperidine rings is 1. The van der Waals surface area contributed by atoms with E-state index in [0.717, 1.165) is 24.7 Å². The molecule has 4 nitrogen and oxygen atoms in total. The van der Waals surface area contributed by atoms with Crippen molar-refractivity contribution in [3.05, 3.63) is 0 Å². The van der Waals surface area contributed by atoms with Crippen molar-refractivity contribution >= 4 is 11.8 Å². The highest BCUT2D eigenvalue weighted by atomic mass is 16.2. The van der Waals surface area contributed by atoms with Crippen LogP contribution in [0.4, 0.5) is 0 Å². The lowest BCUT2D eigenvalue weighted by Crippen LogP contribution is -2.56. The molecule has 0 aromatic heterocycles. The standard InChI is InChI=1S/C12H20N2O2/c1-7(2)8-5-9(6-8)13-10-3-4-11(15)14-12(10)16/h7-10,13H,3-6H2,1-2H3,(H,14,15,16). The number of hydrogen-bond acceptors (Lipinski definition) is 3. The molecule has 1 saturated heterocycles. The lowest BCUT2D eigenvalue weighted by atomic mass is 9.73. The number of carbonyl (C=O) groups excluding carboxylic acids is 2. The molecule has 1 aliphatic heterocycles. The molecule has 16 heavy (non-hydrogen) atoms. The van der Waals surface area contributed by atoms with Crippen LogP contribution in [-0.4, -0.2) is 23.9 Å². The summed E-state index contributed by atoms with van der Waals surface area (Å²) in [6.45, 7) is 4.49. The Kier molecular flexibility index (Phi) is 3.28. The van der Waals surface area contributed by atoms with Crippen molar-refractivity contribution < 1.29 is 9.59 Å². The van der Waals surface area contributed by atoms with E-state index < -0.39 is 0 Å². The van der Waals surface area contributed by atoms with Gasteiger partial charge in [0.2, 0.25) is 11.8 Å². The minimum Gasteiger partial charge on any atom is -0.303 e. The SMILES string of the molecule is CC(C)C1CC(NC2CCC(=O)NC2=O)C1. The van der Waals surface area contributed by atoms with E-state index in [2.05, 4.69) is 24.5 Å². The maximum Gasteiger partial charge on any atom is 0.243 e. The summed E-state index contributed by atoms with van der Waals surface area (Å²) in [6, 6.07) is 0.312. The molecule has 2 rings (SSSR count). The third kappa shape index (κ3) is 2.43. The summed E-state index contributed by atoms with van der Waals surface area (Å²) in [4.78, 5) is 22.5. The summed E-state index contributed by atoms with van der Waals surface area (Å²) < 4.78 is 0. The van der Waals surface area contributed by atoms with Gasteiger partial charge in [-0.2, -0.15) is 0 Å². The molecule has 0 bridgehead atoms. The van der Waals surface area contributed by atoms with Gasteiger partial charge in [0.25, 0.3) is 0 Å². The summed E-state index contributed by atoms with van der Waals surface area (Å²) in [5.41, 5.74) is 0. The topological polar surface area (TPSA) is 58.2 Å². The van der Waals surface area contributed by atoms with E-state index >= 15 is 0 Å². The summed E-state index contributed by atoms with van der Waals surface area (Å²) in [5, 5.41) is 5.72. The number of imide groups is 1. The normalized spacial score (nSPS) is 34.8. The summed E-state index contributed by atoms with van der Waals surface area (Å²) in [6.07, 6.45) is 3.43. The van der Waals surface area contributed by atoms with Gasteiger partial charge in [0.05, 0.1) is 6.04 Å². The quantitative estimate of drug-likeness (QED) is 0.698. The van der Waals surface area contributed by atoms with Crippen molar-refractivity contribution in [1.29, 1.82) is 0 Å². The Morgan fingerprint density at radius 1 is 1.31 bits per heavy atom. The second kappa shape index (κ2) is 4.53. The van der Waals surface area contributed by atoms with Crippen molar-refractivity contribution in [3.63, 3.8) is 0 Å². The van der Waals surface area contributed by atoms with Crippen LogP contribution in [0.15, 0.2) is 0 Å². The minimum absolute atomic E-state index is 0.142. The van der Waals surface area contributed by atoms with E-state index in [1.165, 1.54) is 0 Å². The van der Waals surface area contributed by atoms with Crippen LogP contribution in [0.3, 0.4) is 0 Å². The Morgan fingerprint density at radius 3 is 2.56 bits per heavy atom. The summed E-state index contributed by atoms with van der Waals surface area (Å²) >= 11 is 0. The van der Waals surface area contributed by atoms with Crippen LogP contribution < -0.4 is 10.6 Å². The first kappa shape index (κ1) is 11.6. The maximum atomic E-state index is 11.5. The largest absolute Gasteiger partial charge is 0.303 e. The van der Waals surface area contributed by atoms with E-state index in [4.69, 9.17) is 0 Å². The number of nitrogens with one attached hydrogen (secondary N) is 2. The molecule has 90 valence electrons. The lowest BCUT2D eigenvalue weighted by molar-refractivity contribution is -0.135. The van der Waals surface area contributed by atoms with Crippen molar-refractivity contribution in [2.24, 2.45) is 11.8 Å². The van der Waals surface area contributed by atoms with Gasteiger partial charge >= 0.3 is 0 Å². The Bertz CT molecular complexity index is 295. The van der Waals surface area contributed by atoms with Crippen LogP contribution >= 0.6 is 0 Å². The fourth-order valence-electron chi connectivity index (χ4n) is 2.48. The second-order valence-corrected chi connectivity index (χ2v) is 5.34. The van der Waals surface area contributed by atoms with E-state index in [-0.39, 0.29) is 17.9 Å². The third-order valence-corrected chi connectivity index (χ3v) is 3.79. The molecule has 0 aromatic carbocycles. The number of amides is 2. The lowest BCUT2D eigenvalue weighted by Gasteiger charge is -2.40. The van der Waals surface area contributed by atoms with Gasteiger partial charge < -0.3 is 5.32 Å². The molecule has 2 fully saturated rings. The zero-order valence-electron chi connectivity index (χ0n) is 9.95. The van der Waals surface area contributed by atoms with Gasteiger partial charge in [-0.25, -0.2) is 0 Å². The zero-order valence-corrected chi connectivity index (χ0v) is 9.95. The highest BCUT2D eigenvalue weighted by molar-refractivity contribution is 6.00. The van der Waals surface area contributed by atoms with Crippen LogP contribution in [0.1, 0.15) is 39.5 Å². The molecule has 1 heterocycles. The van der Waals surface area contributed by atoms with E-state index in [1.54, 1.807) is 0 Å².